The van der Waals surface area contributed by atoms with Gasteiger partial charge in [-0.05, 0) is 18.1 Å². The lowest BCUT2D eigenvalue weighted by Crippen LogP contribution is -2.30. The zero-order chi connectivity index (χ0) is 13.0. The number of rotatable bonds is 4. The molecule has 0 aromatic heterocycles. The van der Waals surface area contributed by atoms with E-state index in [4.69, 9.17) is 0 Å². The van der Waals surface area contributed by atoms with E-state index in [2.05, 4.69) is 0 Å². The number of benzene rings is 2. The zero-order valence-corrected chi connectivity index (χ0v) is 10.4. The fourth-order valence-corrected chi connectivity index (χ4v) is 2.19. The monoisotopic (exact) mass is 242 g/mol. The Morgan fingerprint density at radius 3 is 1.44 bits per heavy atom. The average molecular weight is 242 g/mol. The number of aliphatic hydroxyl groups is 2. The van der Waals surface area contributed by atoms with Crippen molar-refractivity contribution in [1.82, 2.24) is 0 Å². The molecular formula is C16H18O2. The van der Waals surface area contributed by atoms with E-state index in [1.54, 1.807) is 6.92 Å². The first-order valence-electron chi connectivity index (χ1n) is 6.16. The number of hydrogen-bond donors (Lipinski definition) is 2. The summed E-state index contributed by atoms with van der Waals surface area (Å²) in [4.78, 5) is 0. The maximum absolute atomic E-state index is 10.2. The summed E-state index contributed by atoms with van der Waals surface area (Å²) in [5.41, 5.74) is 2.02. The van der Waals surface area contributed by atoms with Gasteiger partial charge in [0.2, 0.25) is 0 Å². The van der Waals surface area contributed by atoms with Gasteiger partial charge in [-0.1, -0.05) is 60.7 Å². The van der Waals surface area contributed by atoms with Gasteiger partial charge >= 0.3 is 0 Å². The minimum atomic E-state index is -0.810. The molecule has 0 spiro atoms. The van der Waals surface area contributed by atoms with E-state index < -0.39 is 12.2 Å². The highest BCUT2D eigenvalue weighted by Gasteiger charge is 2.26. The van der Waals surface area contributed by atoms with Gasteiger partial charge in [-0.2, -0.15) is 0 Å². The van der Waals surface area contributed by atoms with Gasteiger partial charge in [-0.15, -0.1) is 0 Å². The SMILES string of the molecule is C[C@H](O)[C@H](O)C(c1ccccc1)c1ccccc1. The van der Waals surface area contributed by atoms with Gasteiger partial charge < -0.3 is 10.2 Å². The fourth-order valence-electron chi connectivity index (χ4n) is 2.19. The highest BCUT2D eigenvalue weighted by atomic mass is 16.3. The van der Waals surface area contributed by atoms with Gasteiger partial charge in [0.25, 0.3) is 0 Å². The minimum absolute atomic E-state index is 0.201. The summed E-state index contributed by atoms with van der Waals surface area (Å²) in [5.74, 6) is -0.201. The molecule has 0 fully saturated rings. The third-order valence-electron chi connectivity index (χ3n) is 3.15. The first-order chi connectivity index (χ1) is 8.70. The van der Waals surface area contributed by atoms with Crippen LogP contribution in [0.4, 0.5) is 0 Å². The molecule has 18 heavy (non-hydrogen) atoms. The van der Waals surface area contributed by atoms with Crippen LogP contribution in [0.25, 0.3) is 0 Å². The molecule has 0 heterocycles. The summed E-state index contributed by atoms with van der Waals surface area (Å²) in [6.07, 6.45) is -1.58. The van der Waals surface area contributed by atoms with Crippen molar-refractivity contribution in [3.05, 3.63) is 71.8 Å². The highest BCUT2D eigenvalue weighted by molar-refractivity contribution is 5.34. The Morgan fingerprint density at radius 2 is 1.11 bits per heavy atom. The summed E-state index contributed by atoms with van der Waals surface area (Å²) >= 11 is 0. The quantitative estimate of drug-likeness (QED) is 0.865. The summed E-state index contributed by atoms with van der Waals surface area (Å²) in [7, 11) is 0. The molecule has 0 unspecified atom stereocenters. The van der Waals surface area contributed by atoms with E-state index in [9.17, 15) is 10.2 Å². The van der Waals surface area contributed by atoms with Crippen LogP contribution in [-0.4, -0.2) is 22.4 Å². The van der Waals surface area contributed by atoms with E-state index in [1.165, 1.54) is 0 Å². The minimum Gasteiger partial charge on any atom is -0.391 e. The first kappa shape index (κ1) is 12.8. The van der Waals surface area contributed by atoms with Gasteiger partial charge in [0.15, 0.2) is 0 Å². The van der Waals surface area contributed by atoms with Crippen LogP contribution in [0, 0.1) is 0 Å². The predicted molar refractivity (Wildman–Crippen MR) is 72.4 cm³/mol. The largest absolute Gasteiger partial charge is 0.391 e. The van der Waals surface area contributed by atoms with Crippen molar-refractivity contribution in [1.29, 1.82) is 0 Å². The molecule has 0 bridgehead atoms. The summed E-state index contributed by atoms with van der Waals surface area (Å²) < 4.78 is 0. The Hall–Kier alpha value is -1.64. The van der Waals surface area contributed by atoms with E-state index in [0.717, 1.165) is 11.1 Å². The Bertz CT molecular complexity index is 425. The predicted octanol–water partition coefficient (Wildman–Crippen LogP) is 2.56. The Morgan fingerprint density at radius 1 is 0.722 bits per heavy atom. The number of hydrogen-bond acceptors (Lipinski definition) is 2. The molecule has 2 N–H and O–H groups in total. The third-order valence-corrected chi connectivity index (χ3v) is 3.15. The van der Waals surface area contributed by atoms with Gasteiger partial charge in [0.1, 0.15) is 0 Å². The molecular weight excluding hydrogens is 224 g/mol. The molecule has 2 rings (SSSR count). The number of aliphatic hydroxyl groups excluding tert-OH is 2. The average Bonchev–Trinajstić information content (AvgIpc) is 2.41. The molecule has 2 aromatic carbocycles. The van der Waals surface area contributed by atoms with Crippen LogP contribution >= 0.6 is 0 Å². The van der Waals surface area contributed by atoms with Crippen LogP contribution in [0.2, 0.25) is 0 Å². The maximum Gasteiger partial charge on any atom is 0.0905 e. The van der Waals surface area contributed by atoms with Crippen LogP contribution in [0.3, 0.4) is 0 Å². The van der Waals surface area contributed by atoms with Gasteiger partial charge in [0, 0.05) is 5.92 Å². The lowest BCUT2D eigenvalue weighted by Gasteiger charge is -2.26. The molecule has 2 atom stereocenters. The molecule has 2 heteroatoms. The summed E-state index contributed by atoms with van der Waals surface area (Å²) in [6, 6.07) is 19.6. The summed E-state index contributed by atoms with van der Waals surface area (Å²) in [6.45, 7) is 1.61. The molecule has 0 aliphatic heterocycles. The van der Waals surface area contributed by atoms with Crippen LogP contribution in [-0.2, 0) is 0 Å². The molecule has 0 saturated carbocycles. The second-order valence-corrected chi connectivity index (χ2v) is 4.53. The molecule has 2 nitrogen and oxygen atoms in total. The van der Waals surface area contributed by atoms with Gasteiger partial charge in [-0.3, -0.25) is 0 Å². The smallest absolute Gasteiger partial charge is 0.0905 e. The van der Waals surface area contributed by atoms with Crippen LogP contribution in [0.5, 0.6) is 0 Å². The van der Waals surface area contributed by atoms with E-state index in [1.807, 2.05) is 60.7 Å². The lowest BCUT2D eigenvalue weighted by molar-refractivity contribution is 0.0213. The van der Waals surface area contributed by atoms with Crippen LogP contribution < -0.4 is 0 Å². The van der Waals surface area contributed by atoms with E-state index in [0.29, 0.717) is 0 Å². The second-order valence-electron chi connectivity index (χ2n) is 4.53. The van der Waals surface area contributed by atoms with Crippen molar-refractivity contribution in [2.45, 2.75) is 25.0 Å². The standard InChI is InChI=1S/C16H18O2/c1-12(17)16(18)15(13-8-4-2-5-9-13)14-10-6-3-7-11-14/h2-12,15-18H,1H3/t12-,16-/m0/s1. The van der Waals surface area contributed by atoms with Crippen LogP contribution in [0.1, 0.15) is 24.0 Å². The Labute approximate surface area is 108 Å². The second kappa shape index (κ2) is 5.80. The van der Waals surface area contributed by atoms with Crippen molar-refractivity contribution < 1.29 is 10.2 Å². The van der Waals surface area contributed by atoms with Crippen LogP contribution in [0.15, 0.2) is 60.7 Å². The van der Waals surface area contributed by atoms with Crippen molar-refractivity contribution in [2.75, 3.05) is 0 Å². The maximum atomic E-state index is 10.2. The molecule has 0 saturated heterocycles. The fraction of sp³-hybridized carbons (Fsp3) is 0.250. The molecule has 2 aromatic rings. The molecule has 0 amide bonds. The summed E-state index contributed by atoms with van der Waals surface area (Å²) in [5, 5.41) is 19.9. The molecule has 0 aliphatic rings. The Kier molecular flexibility index (Phi) is 4.13. The first-order valence-corrected chi connectivity index (χ1v) is 6.16. The normalized spacial score (nSPS) is 14.4. The van der Waals surface area contributed by atoms with Crippen molar-refractivity contribution in [2.24, 2.45) is 0 Å². The lowest BCUT2D eigenvalue weighted by atomic mass is 9.85. The molecule has 94 valence electrons. The van der Waals surface area contributed by atoms with E-state index >= 15 is 0 Å². The highest BCUT2D eigenvalue weighted by Crippen LogP contribution is 2.29. The topological polar surface area (TPSA) is 40.5 Å². The third kappa shape index (κ3) is 2.78. The zero-order valence-electron chi connectivity index (χ0n) is 10.4. The van der Waals surface area contributed by atoms with Crippen molar-refractivity contribution in [3.63, 3.8) is 0 Å². The molecule has 0 aliphatic carbocycles. The van der Waals surface area contributed by atoms with E-state index in [-0.39, 0.29) is 5.92 Å². The van der Waals surface area contributed by atoms with Gasteiger partial charge in [0.05, 0.1) is 12.2 Å². The van der Waals surface area contributed by atoms with Gasteiger partial charge in [-0.25, -0.2) is 0 Å². The van der Waals surface area contributed by atoms with Crippen molar-refractivity contribution >= 4 is 0 Å². The Balaban J connectivity index is 2.42. The van der Waals surface area contributed by atoms with Crippen molar-refractivity contribution in [3.8, 4) is 0 Å². The molecule has 0 radical (unpaired) electrons.